The molecule has 0 unspecified atom stereocenters. The minimum atomic E-state index is -0.534. The topological polar surface area (TPSA) is 81.7 Å². The largest absolute Gasteiger partial charge is 0.463 e. The quantitative estimate of drug-likeness (QED) is 0.529. The summed E-state index contributed by atoms with van der Waals surface area (Å²) in [6.07, 6.45) is 1.11. The number of esters is 2. The third-order valence-corrected chi connectivity index (χ3v) is 6.78. The van der Waals surface area contributed by atoms with Gasteiger partial charge in [-0.05, 0) is 49.4 Å². The third-order valence-electron chi connectivity index (χ3n) is 5.74. The van der Waals surface area contributed by atoms with Crippen LogP contribution < -0.4 is 10.1 Å². The molecule has 0 bridgehead atoms. The normalized spacial score (nSPS) is 20.5. The average molecular weight is 452 g/mol. The van der Waals surface area contributed by atoms with Crippen molar-refractivity contribution in [3.05, 3.63) is 74.8 Å². The molecular weight excluding hydrogens is 426 g/mol. The van der Waals surface area contributed by atoms with Gasteiger partial charge in [0, 0.05) is 47.0 Å². The lowest BCUT2D eigenvalue weighted by atomic mass is 9.72. The molecule has 0 radical (unpaired) electrons. The molecule has 2 aromatic rings. The van der Waals surface area contributed by atoms with Gasteiger partial charge in [0.2, 0.25) is 0 Å². The Labute approximate surface area is 190 Å². The van der Waals surface area contributed by atoms with Gasteiger partial charge in [-0.25, -0.2) is 4.79 Å². The van der Waals surface area contributed by atoms with E-state index in [0.717, 1.165) is 11.3 Å². The highest BCUT2D eigenvalue weighted by Crippen LogP contribution is 2.46. The number of dihydropyridines is 1. The van der Waals surface area contributed by atoms with Crippen LogP contribution in [0.15, 0.2) is 64.3 Å². The molecule has 1 aliphatic heterocycles. The SMILES string of the molecule is CCOC(=O)C1=C(C)NC2=C(C(=O)C[C@@H](c3cccs3)C2)[C@H]1c1ccc(OC(C)=O)cc1. The summed E-state index contributed by atoms with van der Waals surface area (Å²) in [6, 6.07) is 11.0. The van der Waals surface area contributed by atoms with E-state index in [1.165, 1.54) is 11.8 Å². The standard InChI is InChI=1S/C25H25NO5S/c1-4-30-25(29)22-14(2)26-19-12-17(21-6-5-11-32-21)13-20(28)24(19)23(22)16-7-9-18(10-8-16)31-15(3)27/h5-11,17,23,26H,4,12-13H2,1-3H3/t17-,23-/m0/s1. The van der Waals surface area contributed by atoms with Gasteiger partial charge in [0.15, 0.2) is 5.78 Å². The molecule has 0 spiro atoms. The molecule has 1 aromatic heterocycles. The summed E-state index contributed by atoms with van der Waals surface area (Å²) in [5.74, 6) is -0.817. The van der Waals surface area contributed by atoms with Crippen LogP contribution >= 0.6 is 11.3 Å². The number of carbonyl (C=O) groups excluding carboxylic acids is 3. The summed E-state index contributed by atoms with van der Waals surface area (Å²) < 4.78 is 10.5. The maximum Gasteiger partial charge on any atom is 0.336 e. The monoisotopic (exact) mass is 451 g/mol. The minimum Gasteiger partial charge on any atom is -0.463 e. The van der Waals surface area contributed by atoms with E-state index in [1.807, 2.05) is 18.4 Å². The van der Waals surface area contributed by atoms with Crippen molar-refractivity contribution in [1.82, 2.24) is 5.32 Å². The molecule has 4 rings (SSSR count). The number of hydrogen-bond acceptors (Lipinski definition) is 7. The number of ether oxygens (including phenoxy) is 2. The van der Waals surface area contributed by atoms with Crippen molar-refractivity contribution in [2.45, 2.75) is 45.4 Å². The second-order valence-electron chi connectivity index (χ2n) is 7.92. The fraction of sp³-hybridized carbons (Fsp3) is 0.320. The second kappa shape index (κ2) is 9.12. The van der Waals surface area contributed by atoms with Crippen molar-refractivity contribution in [1.29, 1.82) is 0 Å². The smallest absolute Gasteiger partial charge is 0.336 e. The van der Waals surface area contributed by atoms with Crippen molar-refractivity contribution in [3.8, 4) is 5.75 Å². The van der Waals surface area contributed by atoms with Crippen LogP contribution in [-0.2, 0) is 19.1 Å². The number of carbonyl (C=O) groups is 3. The fourth-order valence-electron chi connectivity index (χ4n) is 4.47. The number of nitrogens with one attached hydrogen (secondary N) is 1. The average Bonchev–Trinajstić information content (AvgIpc) is 3.28. The van der Waals surface area contributed by atoms with E-state index in [9.17, 15) is 14.4 Å². The third kappa shape index (κ3) is 4.25. The number of rotatable bonds is 5. The molecule has 0 fully saturated rings. The van der Waals surface area contributed by atoms with Gasteiger partial charge in [0.25, 0.3) is 0 Å². The number of thiophene rings is 1. The Balaban J connectivity index is 1.77. The Morgan fingerprint density at radius 3 is 2.53 bits per heavy atom. The lowest BCUT2D eigenvalue weighted by molar-refractivity contribution is -0.139. The number of Topliss-reactive ketones (excluding diaryl/α,β-unsaturated/α-hetero) is 1. The number of benzene rings is 1. The minimum absolute atomic E-state index is 0.0283. The molecule has 2 aliphatic rings. The Hall–Kier alpha value is -3.19. The van der Waals surface area contributed by atoms with Gasteiger partial charge in [0.1, 0.15) is 5.75 Å². The van der Waals surface area contributed by atoms with Crippen LogP contribution in [0.1, 0.15) is 55.9 Å². The molecule has 1 aromatic carbocycles. The molecular formula is C25H25NO5S. The van der Waals surface area contributed by atoms with Crippen LogP contribution in [0.2, 0.25) is 0 Å². The molecule has 2 heterocycles. The summed E-state index contributed by atoms with van der Waals surface area (Å²) in [7, 11) is 0. The predicted molar refractivity (Wildman–Crippen MR) is 121 cm³/mol. The van der Waals surface area contributed by atoms with E-state index >= 15 is 0 Å². The maximum absolute atomic E-state index is 13.4. The highest BCUT2D eigenvalue weighted by molar-refractivity contribution is 7.10. The number of hydrogen-bond donors (Lipinski definition) is 1. The highest BCUT2D eigenvalue weighted by Gasteiger charge is 2.41. The lowest BCUT2D eigenvalue weighted by Crippen LogP contribution is -2.36. The fourth-order valence-corrected chi connectivity index (χ4v) is 5.30. The van der Waals surface area contributed by atoms with Crippen molar-refractivity contribution < 1.29 is 23.9 Å². The summed E-state index contributed by atoms with van der Waals surface area (Å²) in [6.45, 7) is 5.19. The molecule has 1 N–H and O–H groups in total. The zero-order chi connectivity index (χ0) is 22.8. The first-order valence-electron chi connectivity index (χ1n) is 10.6. The molecule has 0 saturated heterocycles. The van der Waals surface area contributed by atoms with Crippen LogP contribution in [0.25, 0.3) is 0 Å². The molecule has 0 saturated carbocycles. The Kier molecular flexibility index (Phi) is 6.28. The van der Waals surface area contributed by atoms with Crippen molar-refractivity contribution in [3.63, 3.8) is 0 Å². The van der Waals surface area contributed by atoms with Crippen LogP contribution in [0.4, 0.5) is 0 Å². The predicted octanol–water partition coefficient (Wildman–Crippen LogP) is 4.60. The van der Waals surface area contributed by atoms with Gasteiger partial charge < -0.3 is 14.8 Å². The maximum atomic E-state index is 13.4. The van der Waals surface area contributed by atoms with Gasteiger partial charge in [0.05, 0.1) is 12.2 Å². The first-order chi connectivity index (χ1) is 15.4. The molecule has 6 nitrogen and oxygen atoms in total. The second-order valence-corrected chi connectivity index (χ2v) is 8.90. The van der Waals surface area contributed by atoms with Gasteiger partial charge >= 0.3 is 11.9 Å². The number of allylic oxidation sites excluding steroid dienone is 3. The molecule has 32 heavy (non-hydrogen) atoms. The summed E-state index contributed by atoms with van der Waals surface area (Å²) in [4.78, 5) is 38.8. The zero-order valence-corrected chi connectivity index (χ0v) is 19.1. The Morgan fingerprint density at radius 1 is 1.16 bits per heavy atom. The number of ketones is 1. The van der Waals surface area contributed by atoms with E-state index < -0.39 is 17.9 Å². The molecule has 166 valence electrons. The molecule has 1 aliphatic carbocycles. The summed E-state index contributed by atoms with van der Waals surface area (Å²) in [5, 5.41) is 5.36. The van der Waals surface area contributed by atoms with Crippen LogP contribution in [0.5, 0.6) is 5.75 Å². The van der Waals surface area contributed by atoms with E-state index in [1.54, 1.807) is 42.5 Å². The highest BCUT2D eigenvalue weighted by atomic mass is 32.1. The van der Waals surface area contributed by atoms with Crippen molar-refractivity contribution in [2.75, 3.05) is 6.61 Å². The van der Waals surface area contributed by atoms with Crippen molar-refractivity contribution in [2.24, 2.45) is 0 Å². The van der Waals surface area contributed by atoms with Crippen LogP contribution in [-0.4, -0.2) is 24.3 Å². The molecule has 7 heteroatoms. The lowest BCUT2D eigenvalue weighted by Gasteiger charge is -2.36. The van der Waals surface area contributed by atoms with Crippen molar-refractivity contribution >= 4 is 29.1 Å². The first kappa shape index (κ1) is 22.0. The van der Waals surface area contributed by atoms with E-state index in [4.69, 9.17) is 9.47 Å². The Bertz CT molecular complexity index is 1110. The molecule has 0 amide bonds. The molecule has 2 atom stereocenters. The summed E-state index contributed by atoms with van der Waals surface area (Å²) in [5.41, 5.74) is 3.39. The van der Waals surface area contributed by atoms with Crippen LogP contribution in [0, 0.1) is 0 Å². The van der Waals surface area contributed by atoms with Crippen LogP contribution in [0.3, 0.4) is 0 Å². The zero-order valence-electron chi connectivity index (χ0n) is 18.3. The van der Waals surface area contributed by atoms with E-state index in [2.05, 4.69) is 11.4 Å². The Morgan fingerprint density at radius 2 is 1.91 bits per heavy atom. The van der Waals surface area contributed by atoms with Gasteiger partial charge in [-0.15, -0.1) is 11.3 Å². The van der Waals surface area contributed by atoms with E-state index in [-0.39, 0.29) is 18.3 Å². The van der Waals surface area contributed by atoms with Gasteiger partial charge in [-0.1, -0.05) is 18.2 Å². The van der Waals surface area contributed by atoms with E-state index in [0.29, 0.717) is 35.4 Å². The summed E-state index contributed by atoms with van der Waals surface area (Å²) >= 11 is 1.66. The van der Waals surface area contributed by atoms with Gasteiger partial charge in [-0.2, -0.15) is 0 Å². The first-order valence-corrected chi connectivity index (χ1v) is 11.5. The van der Waals surface area contributed by atoms with Gasteiger partial charge in [-0.3, -0.25) is 9.59 Å².